The fourth-order valence-corrected chi connectivity index (χ4v) is 2.30. The molecular formula is C12H16IN3O2. The molecule has 18 heavy (non-hydrogen) atoms. The molecule has 1 heterocycles. The zero-order valence-electron chi connectivity index (χ0n) is 10.2. The van der Waals surface area contributed by atoms with Crippen molar-refractivity contribution in [1.29, 1.82) is 0 Å². The van der Waals surface area contributed by atoms with Gasteiger partial charge >= 0.3 is 0 Å². The molecule has 6 heteroatoms. The maximum Gasteiger partial charge on any atom is 0.269 e. The number of amides is 1. The van der Waals surface area contributed by atoms with Gasteiger partial charge in [0.1, 0.15) is 5.75 Å². The molecule has 0 spiro atoms. The van der Waals surface area contributed by atoms with Crippen LogP contribution in [0.15, 0.2) is 18.2 Å². The smallest absolute Gasteiger partial charge is 0.269 e. The summed E-state index contributed by atoms with van der Waals surface area (Å²) < 4.78 is 0.925. The van der Waals surface area contributed by atoms with Crippen LogP contribution in [0.4, 0.5) is 0 Å². The second-order valence-corrected chi connectivity index (χ2v) is 5.64. The summed E-state index contributed by atoms with van der Waals surface area (Å²) >= 11 is 2.12. The third-order valence-electron chi connectivity index (χ3n) is 2.97. The van der Waals surface area contributed by atoms with E-state index in [-0.39, 0.29) is 11.7 Å². The predicted molar refractivity (Wildman–Crippen MR) is 77.4 cm³/mol. The van der Waals surface area contributed by atoms with Crippen molar-refractivity contribution in [3.05, 3.63) is 27.3 Å². The molecule has 0 atom stereocenters. The summed E-state index contributed by atoms with van der Waals surface area (Å²) in [4.78, 5) is 14.3. The minimum absolute atomic E-state index is 0.0158. The zero-order chi connectivity index (χ0) is 13.1. The maximum atomic E-state index is 12.0. The van der Waals surface area contributed by atoms with Gasteiger partial charge in [-0.3, -0.25) is 10.2 Å². The van der Waals surface area contributed by atoms with Crippen LogP contribution in [0, 0.1) is 3.57 Å². The largest absolute Gasteiger partial charge is 0.507 e. The van der Waals surface area contributed by atoms with Crippen molar-refractivity contribution in [3.63, 3.8) is 0 Å². The molecule has 1 fully saturated rings. The highest BCUT2D eigenvalue weighted by atomic mass is 127. The third kappa shape index (κ3) is 3.33. The Bertz CT molecular complexity index is 445. The minimum Gasteiger partial charge on any atom is -0.507 e. The van der Waals surface area contributed by atoms with E-state index in [1.807, 2.05) is 5.01 Å². The monoisotopic (exact) mass is 361 g/mol. The van der Waals surface area contributed by atoms with Crippen LogP contribution in [-0.2, 0) is 0 Å². The summed E-state index contributed by atoms with van der Waals surface area (Å²) in [5.41, 5.74) is 3.15. The molecule has 1 aromatic carbocycles. The molecule has 1 saturated heterocycles. The standard InChI is InChI=1S/C12H16IN3O2/c1-15-4-6-16(7-5-15)14-12(18)10-8-9(13)2-3-11(10)17/h2-3,8,17H,4-7H2,1H3,(H,14,18). The Morgan fingerprint density at radius 3 is 2.67 bits per heavy atom. The summed E-state index contributed by atoms with van der Waals surface area (Å²) in [7, 11) is 2.06. The topological polar surface area (TPSA) is 55.8 Å². The van der Waals surface area contributed by atoms with Gasteiger partial charge in [-0.2, -0.15) is 0 Å². The lowest BCUT2D eigenvalue weighted by Crippen LogP contribution is -2.52. The summed E-state index contributed by atoms with van der Waals surface area (Å²) in [6.45, 7) is 3.46. The number of phenols is 1. The van der Waals surface area contributed by atoms with Crippen LogP contribution in [0.5, 0.6) is 5.75 Å². The first-order chi connectivity index (χ1) is 8.56. The van der Waals surface area contributed by atoms with E-state index in [1.54, 1.807) is 18.2 Å². The Labute approximate surface area is 120 Å². The van der Waals surface area contributed by atoms with Gasteiger partial charge in [0.15, 0.2) is 0 Å². The van der Waals surface area contributed by atoms with Gasteiger partial charge in [-0.05, 0) is 47.8 Å². The number of hydrogen-bond donors (Lipinski definition) is 2. The van der Waals surface area contributed by atoms with Crippen LogP contribution in [0.2, 0.25) is 0 Å². The lowest BCUT2D eigenvalue weighted by molar-refractivity contribution is 0.0660. The molecule has 1 aromatic rings. The molecule has 98 valence electrons. The van der Waals surface area contributed by atoms with Crippen molar-refractivity contribution in [2.75, 3.05) is 33.2 Å². The van der Waals surface area contributed by atoms with Crippen molar-refractivity contribution in [3.8, 4) is 5.75 Å². The van der Waals surface area contributed by atoms with E-state index in [1.165, 1.54) is 0 Å². The maximum absolute atomic E-state index is 12.0. The van der Waals surface area contributed by atoms with Crippen LogP contribution in [0.25, 0.3) is 0 Å². The normalized spacial score (nSPS) is 17.7. The van der Waals surface area contributed by atoms with Crippen LogP contribution in [0.3, 0.4) is 0 Å². The average molecular weight is 361 g/mol. The number of aromatic hydroxyl groups is 1. The minimum atomic E-state index is -0.254. The number of hydrazine groups is 1. The number of halogens is 1. The Morgan fingerprint density at radius 1 is 1.33 bits per heavy atom. The molecule has 1 amide bonds. The number of phenolic OH excluding ortho intramolecular Hbond substituents is 1. The Hall–Kier alpha value is -0.860. The number of piperazine rings is 1. The molecule has 1 aliphatic rings. The number of rotatable bonds is 2. The first kappa shape index (κ1) is 13.6. The summed E-state index contributed by atoms with van der Waals surface area (Å²) in [6, 6.07) is 4.99. The quantitative estimate of drug-likeness (QED) is 0.769. The van der Waals surface area contributed by atoms with E-state index in [9.17, 15) is 9.90 Å². The Balaban J connectivity index is 2.01. The number of nitrogens with one attached hydrogen (secondary N) is 1. The van der Waals surface area contributed by atoms with Crippen LogP contribution in [0.1, 0.15) is 10.4 Å². The Morgan fingerprint density at radius 2 is 2.00 bits per heavy atom. The van der Waals surface area contributed by atoms with E-state index in [0.717, 1.165) is 29.7 Å². The molecule has 0 unspecified atom stereocenters. The zero-order valence-corrected chi connectivity index (χ0v) is 12.3. The van der Waals surface area contributed by atoms with Crippen LogP contribution < -0.4 is 5.43 Å². The molecule has 0 aromatic heterocycles. The lowest BCUT2D eigenvalue weighted by atomic mass is 10.2. The number of nitrogens with zero attached hydrogens (tertiary/aromatic N) is 2. The van der Waals surface area contributed by atoms with Crippen LogP contribution in [-0.4, -0.2) is 54.1 Å². The van der Waals surface area contributed by atoms with Crippen molar-refractivity contribution in [2.45, 2.75) is 0 Å². The van der Waals surface area contributed by atoms with E-state index < -0.39 is 0 Å². The summed E-state index contributed by atoms with van der Waals surface area (Å²) in [5.74, 6) is -0.238. The summed E-state index contributed by atoms with van der Waals surface area (Å²) in [6.07, 6.45) is 0. The fraction of sp³-hybridized carbons (Fsp3) is 0.417. The molecule has 2 N–H and O–H groups in total. The van der Waals surface area contributed by atoms with E-state index in [0.29, 0.717) is 5.56 Å². The fourth-order valence-electron chi connectivity index (χ4n) is 1.81. The second-order valence-electron chi connectivity index (χ2n) is 4.39. The van der Waals surface area contributed by atoms with Gasteiger partial charge in [0.25, 0.3) is 5.91 Å². The highest BCUT2D eigenvalue weighted by Gasteiger charge is 2.18. The highest BCUT2D eigenvalue weighted by Crippen LogP contribution is 2.19. The molecule has 1 aliphatic heterocycles. The first-order valence-corrected chi connectivity index (χ1v) is 6.87. The van der Waals surface area contributed by atoms with E-state index >= 15 is 0 Å². The Kier molecular flexibility index (Phi) is 4.41. The van der Waals surface area contributed by atoms with E-state index in [4.69, 9.17) is 0 Å². The molecule has 0 saturated carbocycles. The lowest BCUT2D eigenvalue weighted by Gasteiger charge is -2.32. The van der Waals surface area contributed by atoms with Gasteiger partial charge in [-0.25, -0.2) is 5.01 Å². The number of benzene rings is 1. The number of likely N-dealkylation sites (N-methyl/N-ethyl adjacent to an activating group) is 1. The first-order valence-electron chi connectivity index (χ1n) is 5.79. The van der Waals surface area contributed by atoms with Crippen molar-refractivity contribution in [1.82, 2.24) is 15.3 Å². The highest BCUT2D eigenvalue weighted by molar-refractivity contribution is 14.1. The number of carbonyl (C=O) groups is 1. The van der Waals surface area contributed by atoms with Gasteiger partial charge < -0.3 is 10.0 Å². The molecule has 0 aliphatic carbocycles. The second kappa shape index (κ2) is 5.85. The van der Waals surface area contributed by atoms with Gasteiger partial charge in [0, 0.05) is 29.7 Å². The molecule has 2 rings (SSSR count). The number of hydrogen-bond acceptors (Lipinski definition) is 4. The third-order valence-corrected chi connectivity index (χ3v) is 3.64. The molecule has 0 bridgehead atoms. The average Bonchev–Trinajstić information content (AvgIpc) is 2.35. The van der Waals surface area contributed by atoms with E-state index in [2.05, 4.69) is 40.0 Å². The van der Waals surface area contributed by atoms with Crippen molar-refractivity contribution in [2.24, 2.45) is 0 Å². The SMILES string of the molecule is CN1CCN(NC(=O)c2cc(I)ccc2O)CC1. The van der Waals surface area contributed by atoms with Crippen molar-refractivity contribution < 1.29 is 9.90 Å². The van der Waals surface area contributed by atoms with Crippen LogP contribution >= 0.6 is 22.6 Å². The molecule has 5 nitrogen and oxygen atoms in total. The van der Waals surface area contributed by atoms with Gasteiger partial charge in [0.05, 0.1) is 5.56 Å². The predicted octanol–water partition coefficient (Wildman–Crippen LogP) is 0.889. The number of carbonyl (C=O) groups excluding carboxylic acids is 1. The van der Waals surface area contributed by atoms with Gasteiger partial charge in [-0.1, -0.05) is 0 Å². The summed E-state index contributed by atoms with van der Waals surface area (Å²) in [5, 5.41) is 11.6. The van der Waals surface area contributed by atoms with Gasteiger partial charge in [0.2, 0.25) is 0 Å². The molecular weight excluding hydrogens is 345 g/mol. The van der Waals surface area contributed by atoms with Gasteiger partial charge in [-0.15, -0.1) is 0 Å². The van der Waals surface area contributed by atoms with Crippen molar-refractivity contribution >= 4 is 28.5 Å². The molecule has 0 radical (unpaired) electrons.